The molecule has 0 aromatic heterocycles. The second-order valence-corrected chi connectivity index (χ2v) is 13.9. The van der Waals surface area contributed by atoms with Gasteiger partial charge in [-0.25, -0.2) is 4.31 Å². The lowest BCUT2D eigenvalue weighted by molar-refractivity contribution is -0.140. The molecule has 8 nitrogen and oxygen atoms in total. The molecule has 0 bridgehead atoms. The van der Waals surface area contributed by atoms with Gasteiger partial charge in [0, 0.05) is 33.1 Å². The molecule has 0 heterocycles. The fraction of sp³-hybridized carbons (Fsp3) is 0.412. The molecule has 0 saturated heterocycles. The summed E-state index contributed by atoms with van der Waals surface area (Å²) < 4.78 is 29.6. The van der Waals surface area contributed by atoms with Gasteiger partial charge in [-0.05, 0) is 61.9 Å². The zero-order valence-corrected chi connectivity index (χ0v) is 26.7. The lowest BCUT2D eigenvalue weighted by Gasteiger charge is -2.35. The first-order chi connectivity index (χ1) is 20.5. The predicted octanol–water partition coefficient (Wildman–Crippen LogP) is 4.92. The Hall–Kier alpha value is -3.69. The summed E-state index contributed by atoms with van der Waals surface area (Å²) in [5.41, 5.74) is 4.91. The van der Waals surface area contributed by atoms with Crippen LogP contribution in [0.4, 0.5) is 5.69 Å². The molecule has 1 aliphatic carbocycles. The van der Waals surface area contributed by atoms with Crippen molar-refractivity contribution in [3.63, 3.8) is 0 Å². The summed E-state index contributed by atoms with van der Waals surface area (Å²) in [5.74, 6) is -0.667. The SMILES string of the molecule is Cc1ccc(CN(C(=O)CN(c2cc(C)ccc2C)S(=O)(=O)N(C)C)[C@H](Cc2ccccc2)C(=O)NC2CCCC2)cc1. The number of aryl methyl sites for hydroxylation is 3. The van der Waals surface area contributed by atoms with E-state index in [1.807, 2.05) is 87.5 Å². The molecular formula is C34H44N4O4S. The Morgan fingerprint density at radius 3 is 2.12 bits per heavy atom. The first kappa shape index (κ1) is 32.2. The number of hydrogen-bond acceptors (Lipinski definition) is 4. The van der Waals surface area contributed by atoms with Crippen LogP contribution in [-0.2, 0) is 32.8 Å². The van der Waals surface area contributed by atoms with Gasteiger partial charge >= 0.3 is 10.2 Å². The van der Waals surface area contributed by atoms with E-state index in [0.29, 0.717) is 12.1 Å². The predicted molar refractivity (Wildman–Crippen MR) is 172 cm³/mol. The first-order valence-corrected chi connectivity index (χ1v) is 16.3. The molecule has 1 N–H and O–H groups in total. The van der Waals surface area contributed by atoms with Crippen molar-refractivity contribution in [3.05, 3.63) is 101 Å². The first-order valence-electron chi connectivity index (χ1n) is 14.9. The van der Waals surface area contributed by atoms with E-state index in [-0.39, 0.29) is 18.5 Å². The largest absolute Gasteiger partial charge is 0.352 e. The summed E-state index contributed by atoms with van der Waals surface area (Å²) >= 11 is 0. The van der Waals surface area contributed by atoms with Gasteiger partial charge in [-0.1, -0.05) is 85.1 Å². The highest BCUT2D eigenvalue weighted by atomic mass is 32.2. The molecule has 0 radical (unpaired) electrons. The maximum atomic E-state index is 14.5. The molecule has 1 fully saturated rings. The lowest BCUT2D eigenvalue weighted by atomic mass is 10.0. The molecule has 230 valence electrons. The Morgan fingerprint density at radius 2 is 1.49 bits per heavy atom. The van der Waals surface area contributed by atoms with Gasteiger partial charge in [0.05, 0.1) is 5.69 Å². The highest BCUT2D eigenvalue weighted by Gasteiger charge is 2.36. The van der Waals surface area contributed by atoms with E-state index < -0.39 is 28.7 Å². The third-order valence-corrected chi connectivity index (χ3v) is 9.90. The van der Waals surface area contributed by atoms with Crippen molar-refractivity contribution in [2.75, 3.05) is 24.9 Å². The van der Waals surface area contributed by atoms with Gasteiger partial charge in [0.1, 0.15) is 12.6 Å². The molecule has 0 spiro atoms. The molecule has 3 aromatic rings. The molecule has 4 rings (SSSR count). The number of benzene rings is 3. The molecular weight excluding hydrogens is 560 g/mol. The number of nitrogens with one attached hydrogen (secondary N) is 1. The summed E-state index contributed by atoms with van der Waals surface area (Å²) in [6.07, 6.45) is 4.26. The number of anilines is 1. The van der Waals surface area contributed by atoms with Crippen LogP contribution in [0.3, 0.4) is 0 Å². The van der Waals surface area contributed by atoms with Crippen molar-refractivity contribution in [2.45, 2.75) is 71.5 Å². The van der Waals surface area contributed by atoms with Crippen LogP contribution in [0, 0.1) is 20.8 Å². The van der Waals surface area contributed by atoms with Crippen molar-refractivity contribution in [2.24, 2.45) is 0 Å². The van der Waals surface area contributed by atoms with Gasteiger partial charge in [0.25, 0.3) is 0 Å². The molecule has 3 aromatic carbocycles. The van der Waals surface area contributed by atoms with E-state index in [0.717, 1.165) is 62.1 Å². The molecule has 1 aliphatic rings. The Kier molecular flexibility index (Phi) is 10.6. The number of carbonyl (C=O) groups is 2. The fourth-order valence-corrected chi connectivity index (χ4v) is 6.61. The van der Waals surface area contributed by atoms with Crippen LogP contribution >= 0.6 is 0 Å². The average Bonchev–Trinajstić information content (AvgIpc) is 3.49. The maximum absolute atomic E-state index is 14.5. The molecule has 1 atom stereocenters. The summed E-state index contributed by atoms with van der Waals surface area (Å²) in [6.45, 7) is 5.43. The minimum absolute atomic E-state index is 0.0719. The van der Waals surface area contributed by atoms with Gasteiger partial charge in [0.15, 0.2) is 0 Å². The number of hydrogen-bond donors (Lipinski definition) is 1. The molecule has 43 heavy (non-hydrogen) atoms. The summed E-state index contributed by atoms with van der Waals surface area (Å²) in [4.78, 5) is 30.0. The average molecular weight is 605 g/mol. The van der Waals surface area contributed by atoms with Crippen molar-refractivity contribution in [1.29, 1.82) is 0 Å². The van der Waals surface area contributed by atoms with E-state index in [1.165, 1.54) is 14.1 Å². The van der Waals surface area contributed by atoms with Gasteiger partial charge < -0.3 is 10.2 Å². The number of nitrogens with zero attached hydrogens (tertiary/aromatic N) is 3. The standard InChI is InChI=1S/C34H44N4O4S/c1-25-16-19-29(20-17-25)23-37(32(22-28-11-7-6-8-12-28)34(40)35-30-13-9-10-14-30)33(39)24-38(43(41,42)36(4)5)31-21-26(2)15-18-27(31)3/h6-8,11-12,15-21,30,32H,9-10,13-14,22-24H2,1-5H3,(H,35,40)/t32-/m1/s1. The van der Waals surface area contributed by atoms with Crippen LogP contribution in [0.1, 0.15) is 53.5 Å². The lowest BCUT2D eigenvalue weighted by Crippen LogP contribution is -2.55. The number of carbonyl (C=O) groups excluding carboxylic acids is 2. The fourth-order valence-electron chi connectivity index (χ4n) is 5.50. The Morgan fingerprint density at radius 1 is 0.860 bits per heavy atom. The molecule has 0 unspecified atom stereocenters. The van der Waals surface area contributed by atoms with E-state index in [1.54, 1.807) is 11.0 Å². The second kappa shape index (κ2) is 14.2. The summed E-state index contributed by atoms with van der Waals surface area (Å²) in [5, 5.41) is 3.21. The third-order valence-electron chi connectivity index (χ3n) is 8.10. The van der Waals surface area contributed by atoms with Crippen LogP contribution < -0.4 is 9.62 Å². The van der Waals surface area contributed by atoms with Crippen molar-refractivity contribution in [3.8, 4) is 0 Å². The van der Waals surface area contributed by atoms with Crippen LogP contribution in [0.25, 0.3) is 0 Å². The molecule has 2 amide bonds. The topological polar surface area (TPSA) is 90.0 Å². The second-order valence-electron chi connectivity index (χ2n) is 11.8. The Balaban J connectivity index is 1.77. The highest BCUT2D eigenvalue weighted by molar-refractivity contribution is 7.90. The Bertz CT molecular complexity index is 1500. The smallest absolute Gasteiger partial charge is 0.304 e. The normalized spacial score (nSPS) is 14.5. The quantitative estimate of drug-likeness (QED) is 0.318. The molecule has 0 aliphatic heterocycles. The van der Waals surface area contributed by atoms with E-state index in [2.05, 4.69) is 5.32 Å². The third kappa shape index (κ3) is 8.24. The van der Waals surface area contributed by atoms with Crippen LogP contribution in [-0.4, -0.2) is 62.2 Å². The summed E-state index contributed by atoms with van der Waals surface area (Å²) in [6, 6.07) is 22.3. The zero-order valence-electron chi connectivity index (χ0n) is 25.9. The monoisotopic (exact) mass is 604 g/mol. The van der Waals surface area contributed by atoms with E-state index in [4.69, 9.17) is 0 Å². The van der Waals surface area contributed by atoms with Gasteiger partial charge in [-0.2, -0.15) is 12.7 Å². The van der Waals surface area contributed by atoms with Gasteiger partial charge in [-0.15, -0.1) is 0 Å². The van der Waals surface area contributed by atoms with Gasteiger partial charge in [0.2, 0.25) is 11.8 Å². The highest BCUT2D eigenvalue weighted by Crippen LogP contribution is 2.27. The van der Waals surface area contributed by atoms with Crippen LogP contribution in [0.5, 0.6) is 0 Å². The number of amides is 2. The molecule has 1 saturated carbocycles. The Labute approximate surface area is 256 Å². The van der Waals surface area contributed by atoms with Crippen molar-refractivity contribution < 1.29 is 18.0 Å². The van der Waals surface area contributed by atoms with Gasteiger partial charge in [-0.3, -0.25) is 9.59 Å². The summed E-state index contributed by atoms with van der Waals surface area (Å²) in [7, 11) is -1.14. The van der Waals surface area contributed by atoms with Crippen LogP contribution in [0.2, 0.25) is 0 Å². The number of rotatable bonds is 12. The minimum atomic E-state index is -4.04. The van der Waals surface area contributed by atoms with E-state index in [9.17, 15) is 18.0 Å². The zero-order chi connectivity index (χ0) is 31.1. The van der Waals surface area contributed by atoms with Crippen molar-refractivity contribution in [1.82, 2.24) is 14.5 Å². The molecule has 9 heteroatoms. The minimum Gasteiger partial charge on any atom is -0.352 e. The van der Waals surface area contributed by atoms with E-state index >= 15 is 0 Å². The van der Waals surface area contributed by atoms with Crippen molar-refractivity contribution >= 4 is 27.7 Å². The maximum Gasteiger partial charge on any atom is 0.304 e. The van der Waals surface area contributed by atoms with Crippen LogP contribution in [0.15, 0.2) is 72.8 Å².